The molecule has 1 aromatic heterocycles. The Labute approximate surface area is 158 Å². The SMILES string of the molecule is Cc1ccc(Nc2ncnc(Nc3ccc(Cl)c(C(F)(F)F)c3)c2N)cc1. The van der Waals surface area contributed by atoms with E-state index in [1.165, 1.54) is 12.4 Å². The molecule has 0 atom stereocenters. The van der Waals surface area contributed by atoms with Crippen molar-refractivity contribution in [1.29, 1.82) is 0 Å². The maximum absolute atomic E-state index is 13.0. The monoisotopic (exact) mass is 393 g/mol. The number of rotatable bonds is 4. The number of aromatic nitrogens is 2. The molecular formula is C18H15ClF3N5. The maximum atomic E-state index is 13.0. The van der Waals surface area contributed by atoms with Crippen LogP contribution in [0, 0.1) is 6.92 Å². The Hall–Kier alpha value is -3.00. The summed E-state index contributed by atoms with van der Waals surface area (Å²) < 4.78 is 39.0. The van der Waals surface area contributed by atoms with E-state index in [2.05, 4.69) is 20.6 Å². The largest absolute Gasteiger partial charge is 0.417 e. The summed E-state index contributed by atoms with van der Waals surface area (Å²) in [6.45, 7) is 1.96. The molecule has 0 spiro atoms. The predicted molar refractivity (Wildman–Crippen MR) is 101 cm³/mol. The zero-order chi connectivity index (χ0) is 19.6. The van der Waals surface area contributed by atoms with Gasteiger partial charge in [0.1, 0.15) is 12.0 Å². The molecule has 0 aliphatic carbocycles. The Morgan fingerprint density at radius 2 is 1.48 bits per heavy atom. The highest BCUT2D eigenvalue weighted by Gasteiger charge is 2.33. The van der Waals surface area contributed by atoms with E-state index in [9.17, 15) is 13.2 Å². The van der Waals surface area contributed by atoms with E-state index < -0.39 is 11.7 Å². The number of nitrogens with one attached hydrogen (secondary N) is 2. The zero-order valence-corrected chi connectivity index (χ0v) is 14.9. The number of halogens is 4. The van der Waals surface area contributed by atoms with Crippen molar-refractivity contribution in [2.24, 2.45) is 0 Å². The number of hydrogen-bond donors (Lipinski definition) is 3. The second-order valence-corrected chi connectivity index (χ2v) is 6.20. The second-order valence-electron chi connectivity index (χ2n) is 5.79. The summed E-state index contributed by atoms with van der Waals surface area (Å²) >= 11 is 5.63. The highest BCUT2D eigenvalue weighted by molar-refractivity contribution is 6.31. The summed E-state index contributed by atoms with van der Waals surface area (Å²) in [6.07, 6.45) is -3.31. The smallest absolute Gasteiger partial charge is 0.393 e. The summed E-state index contributed by atoms with van der Waals surface area (Å²) in [4.78, 5) is 8.08. The third-order valence-electron chi connectivity index (χ3n) is 3.73. The van der Waals surface area contributed by atoms with E-state index in [0.717, 1.165) is 23.4 Å². The van der Waals surface area contributed by atoms with Gasteiger partial charge in [-0.25, -0.2) is 9.97 Å². The molecule has 0 amide bonds. The van der Waals surface area contributed by atoms with Crippen LogP contribution in [-0.2, 0) is 6.18 Å². The van der Waals surface area contributed by atoms with Gasteiger partial charge in [-0.2, -0.15) is 13.2 Å². The molecule has 27 heavy (non-hydrogen) atoms. The topological polar surface area (TPSA) is 75.9 Å². The molecule has 0 saturated carbocycles. The maximum Gasteiger partial charge on any atom is 0.417 e. The van der Waals surface area contributed by atoms with Crippen LogP contribution in [0.4, 0.5) is 41.9 Å². The van der Waals surface area contributed by atoms with Crippen LogP contribution >= 0.6 is 11.6 Å². The van der Waals surface area contributed by atoms with Crippen LogP contribution in [0.1, 0.15) is 11.1 Å². The molecule has 0 bridgehead atoms. The van der Waals surface area contributed by atoms with Crippen LogP contribution < -0.4 is 16.4 Å². The Kier molecular flexibility index (Phi) is 5.09. The van der Waals surface area contributed by atoms with Crippen molar-refractivity contribution in [2.75, 3.05) is 16.4 Å². The number of nitrogen functional groups attached to an aromatic ring is 1. The molecule has 4 N–H and O–H groups in total. The van der Waals surface area contributed by atoms with Gasteiger partial charge in [0.15, 0.2) is 11.6 Å². The summed E-state index contributed by atoms with van der Waals surface area (Å²) in [5.74, 6) is 0.511. The van der Waals surface area contributed by atoms with E-state index >= 15 is 0 Å². The minimum Gasteiger partial charge on any atom is -0.393 e. The second kappa shape index (κ2) is 7.32. The van der Waals surface area contributed by atoms with Crippen molar-refractivity contribution in [1.82, 2.24) is 9.97 Å². The van der Waals surface area contributed by atoms with Crippen molar-refractivity contribution in [3.8, 4) is 0 Å². The lowest BCUT2D eigenvalue weighted by molar-refractivity contribution is -0.137. The summed E-state index contributed by atoms with van der Waals surface area (Å²) in [6, 6.07) is 11.0. The first-order chi connectivity index (χ1) is 12.7. The third-order valence-corrected chi connectivity index (χ3v) is 4.06. The van der Waals surface area contributed by atoms with Crippen LogP contribution in [0.2, 0.25) is 5.02 Å². The molecule has 3 rings (SSSR count). The summed E-state index contributed by atoms with van der Waals surface area (Å²) in [7, 11) is 0. The highest BCUT2D eigenvalue weighted by atomic mass is 35.5. The zero-order valence-electron chi connectivity index (χ0n) is 14.1. The molecule has 5 nitrogen and oxygen atoms in total. The molecule has 0 fully saturated rings. The lowest BCUT2D eigenvalue weighted by Crippen LogP contribution is -2.08. The first-order valence-corrected chi connectivity index (χ1v) is 8.20. The van der Waals surface area contributed by atoms with E-state index in [4.69, 9.17) is 17.3 Å². The fourth-order valence-electron chi connectivity index (χ4n) is 2.33. The van der Waals surface area contributed by atoms with E-state index in [-0.39, 0.29) is 22.2 Å². The van der Waals surface area contributed by atoms with Gasteiger partial charge < -0.3 is 16.4 Å². The molecule has 3 aromatic rings. The van der Waals surface area contributed by atoms with Gasteiger partial charge in [-0.1, -0.05) is 29.3 Å². The lowest BCUT2D eigenvalue weighted by atomic mass is 10.2. The molecule has 1 heterocycles. The van der Waals surface area contributed by atoms with Crippen molar-refractivity contribution in [3.63, 3.8) is 0 Å². The minimum atomic E-state index is -4.57. The Morgan fingerprint density at radius 1 is 0.926 bits per heavy atom. The number of benzene rings is 2. The highest BCUT2D eigenvalue weighted by Crippen LogP contribution is 2.37. The van der Waals surface area contributed by atoms with Crippen molar-refractivity contribution >= 4 is 40.3 Å². The molecule has 0 unspecified atom stereocenters. The molecule has 0 aliphatic heterocycles. The van der Waals surface area contributed by atoms with Crippen molar-refractivity contribution in [2.45, 2.75) is 13.1 Å². The molecule has 9 heteroatoms. The van der Waals surface area contributed by atoms with Gasteiger partial charge >= 0.3 is 6.18 Å². The van der Waals surface area contributed by atoms with Crippen LogP contribution in [0.3, 0.4) is 0 Å². The van der Waals surface area contributed by atoms with Crippen LogP contribution in [-0.4, -0.2) is 9.97 Å². The molecule has 0 radical (unpaired) electrons. The average molecular weight is 394 g/mol. The molecule has 140 valence electrons. The van der Waals surface area contributed by atoms with Gasteiger partial charge in [0.05, 0.1) is 10.6 Å². The van der Waals surface area contributed by atoms with E-state index in [1.54, 1.807) is 0 Å². The van der Waals surface area contributed by atoms with Crippen LogP contribution in [0.5, 0.6) is 0 Å². The van der Waals surface area contributed by atoms with Crippen LogP contribution in [0.15, 0.2) is 48.8 Å². The fraction of sp³-hybridized carbons (Fsp3) is 0.111. The first kappa shape index (κ1) is 18.8. The molecule has 0 saturated heterocycles. The number of nitrogens with zero attached hydrogens (tertiary/aromatic N) is 2. The molecule has 0 aliphatic rings. The van der Waals surface area contributed by atoms with E-state index in [0.29, 0.717) is 5.82 Å². The van der Waals surface area contributed by atoms with E-state index in [1.807, 2.05) is 31.2 Å². The lowest BCUT2D eigenvalue weighted by Gasteiger charge is -2.14. The minimum absolute atomic E-state index is 0.151. The quantitative estimate of drug-likeness (QED) is 0.543. The number of aryl methyl sites for hydroxylation is 1. The van der Waals surface area contributed by atoms with Gasteiger partial charge in [0.2, 0.25) is 0 Å². The summed E-state index contributed by atoms with van der Waals surface area (Å²) in [5.41, 5.74) is 7.30. The Morgan fingerprint density at radius 3 is 2.07 bits per heavy atom. The predicted octanol–water partition coefficient (Wildman–Crippen LogP) is 5.53. The van der Waals surface area contributed by atoms with Gasteiger partial charge in [0, 0.05) is 11.4 Å². The average Bonchev–Trinajstić information content (AvgIpc) is 2.61. The summed E-state index contributed by atoms with van der Waals surface area (Å²) in [5, 5.41) is 5.44. The van der Waals surface area contributed by atoms with Gasteiger partial charge in [-0.05, 0) is 37.3 Å². The van der Waals surface area contributed by atoms with Gasteiger partial charge in [-0.15, -0.1) is 0 Å². The van der Waals surface area contributed by atoms with Crippen LogP contribution in [0.25, 0.3) is 0 Å². The molecular weight excluding hydrogens is 379 g/mol. The normalized spacial score (nSPS) is 11.3. The van der Waals surface area contributed by atoms with Crippen molar-refractivity contribution in [3.05, 3.63) is 64.9 Å². The first-order valence-electron chi connectivity index (χ1n) is 7.82. The number of alkyl halides is 3. The fourth-order valence-corrected chi connectivity index (χ4v) is 2.55. The number of nitrogens with two attached hydrogens (primary N) is 1. The Bertz CT molecular complexity index is 958. The standard InChI is InChI=1S/C18H15ClF3N5/c1-10-2-4-11(5-3-10)26-16-15(23)17(25-9-24-16)27-12-6-7-14(19)13(8-12)18(20,21)22/h2-9H,23H2,1H3,(H2,24,25,26,27). The van der Waals surface area contributed by atoms with Gasteiger partial charge in [-0.3, -0.25) is 0 Å². The Balaban J connectivity index is 1.87. The van der Waals surface area contributed by atoms with Crippen molar-refractivity contribution < 1.29 is 13.2 Å². The number of hydrogen-bond acceptors (Lipinski definition) is 5. The third kappa shape index (κ3) is 4.40. The van der Waals surface area contributed by atoms with Gasteiger partial charge in [0.25, 0.3) is 0 Å². The molecule has 2 aromatic carbocycles. The number of anilines is 5.